The number of aromatic nitrogens is 3. The zero-order chi connectivity index (χ0) is 11.5. The van der Waals surface area contributed by atoms with Gasteiger partial charge in [0.1, 0.15) is 0 Å². The van der Waals surface area contributed by atoms with Gasteiger partial charge in [-0.15, -0.1) is 11.3 Å². The molecule has 2 heterocycles. The van der Waals surface area contributed by atoms with Crippen molar-refractivity contribution < 1.29 is 0 Å². The average Bonchev–Trinajstić information content (AvgIpc) is 2.96. The fourth-order valence-electron chi connectivity index (χ4n) is 1.70. The van der Waals surface area contributed by atoms with E-state index in [1.807, 2.05) is 35.8 Å². The minimum Gasteiger partial charge on any atom is -0.355 e. The zero-order valence-electron chi connectivity index (χ0n) is 9.18. The van der Waals surface area contributed by atoms with Crippen molar-refractivity contribution >= 4 is 28.3 Å². The molecule has 0 fully saturated rings. The molecule has 86 valence electrons. The molecule has 4 nitrogen and oxygen atoms in total. The van der Waals surface area contributed by atoms with Crippen molar-refractivity contribution in [3.63, 3.8) is 0 Å². The number of hydrogen-bond donors (Lipinski definition) is 2. The predicted octanol–water partition coefficient (Wildman–Crippen LogP) is 2.67. The van der Waals surface area contributed by atoms with Gasteiger partial charge in [-0.05, 0) is 12.1 Å². The van der Waals surface area contributed by atoms with Crippen LogP contribution in [-0.4, -0.2) is 21.5 Å². The number of thiazole rings is 1. The van der Waals surface area contributed by atoms with Gasteiger partial charge in [0.05, 0.1) is 16.0 Å². The lowest BCUT2D eigenvalue weighted by atomic mass is 10.3. The van der Waals surface area contributed by atoms with Gasteiger partial charge in [-0.2, -0.15) is 0 Å². The van der Waals surface area contributed by atoms with Crippen LogP contribution in [0.2, 0.25) is 0 Å². The molecule has 1 aromatic carbocycles. The zero-order valence-corrected chi connectivity index (χ0v) is 10.00. The van der Waals surface area contributed by atoms with Crippen molar-refractivity contribution in [2.75, 3.05) is 11.9 Å². The number of para-hydroxylation sites is 2. The van der Waals surface area contributed by atoms with Crippen LogP contribution in [0.25, 0.3) is 11.0 Å². The summed E-state index contributed by atoms with van der Waals surface area (Å²) in [7, 11) is 0. The lowest BCUT2D eigenvalue weighted by molar-refractivity contribution is 0.982. The van der Waals surface area contributed by atoms with E-state index in [1.54, 1.807) is 11.3 Å². The summed E-state index contributed by atoms with van der Waals surface area (Å²) in [6.07, 6.45) is 2.76. The van der Waals surface area contributed by atoms with Crippen LogP contribution >= 0.6 is 11.3 Å². The number of nitrogens with one attached hydrogen (secondary N) is 2. The number of aromatic amines is 1. The summed E-state index contributed by atoms with van der Waals surface area (Å²) in [4.78, 5) is 11.9. The fourth-order valence-corrected chi connectivity index (χ4v) is 2.32. The Kier molecular flexibility index (Phi) is 2.75. The molecule has 0 radical (unpaired) electrons. The van der Waals surface area contributed by atoms with E-state index < -0.39 is 0 Å². The van der Waals surface area contributed by atoms with Crippen LogP contribution in [0.5, 0.6) is 0 Å². The highest BCUT2D eigenvalue weighted by molar-refractivity contribution is 7.09. The Labute approximate surface area is 103 Å². The Hall–Kier alpha value is -1.88. The topological polar surface area (TPSA) is 53.6 Å². The Morgan fingerprint density at radius 2 is 2.24 bits per heavy atom. The van der Waals surface area contributed by atoms with Crippen molar-refractivity contribution in [1.82, 2.24) is 15.0 Å². The minimum atomic E-state index is 0.822. The monoisotopic (exact) mass is 244 g/mol. The predicted molar refractivity (Wildman–Crippen MR) is 70.4 cm³/mol. The third kappa shape index (κ3) is 2.29. The van der Waals surface area contributed by atoms with Crippen molar-refractivity contribution in [2.45, 2.75) is 6.42 Å². The first kappa shape index (κ1) is 10.3. The minimum absolute atomic E-state index is 0.822. The summed E-state index contributed by atoms with van der Waals surface area (Å²) in [6, 6.07) is 8.01. The molecule has 3 rings (SSSR count). The van der Waals surface area contributed by atoms with Crippen LogP contribution in [0.1, 0.15) is 5.01 Å². The van der Waals surface area contributed by atoms with Crippen LogP contribution in [0, 0.1) is 0 Å². The highest BCUT2D eigenvalue weighted by atomic mass is 32.1. The fraction of sp³-hybridized carbons (Fsp3) is 0.167. The second-order valence-corrected chi connectivity index (χ2v) is 4.68. The molecule has 3 aromatic rings. The highest BCUT2D eigenvalue weighted by Gasteiger charge is 2.01. The Morgan fingerprint density at radius 3 is 3.06 bits per heavy atom. The van der Waals surface area contributed by atoms with Gasteiger partial charge < -0.3 is 10.3 Å². The summed E-state index contributed by atoms with van der Waals surface area (Å²) in [5.41, 5.74) is 2.05. The molecule has 5 heteroatoms. The van der Waals surface area contributed by atoms with Gasteiger partial charge >= 0.3 is 0 Å². The second kappa shape index (κ2) is 4.55. The number of H-pyrrole nitrogens is 1. The number of benzene rings is 1. The standard InChI is InChI=1S/C12H12N4S/c1-2-4-10-9(3-1)15-12(16-10)14-6-5-11-13-7-8-17-11/h1-4,7-8H,5-6H2,(H2,14,15,16). The Balaban J connectivity index is 1.65. The number of fused-ring (bicyclic) bond motifs is 1. The summed E-state index contributed by atoms with van der Waals surface area (Å²) < 4.78 is 0. The van der Waals surface area contributed by atoms with Crippen molar-refractivity contribution in [1.29, 1.82) is 0 Å². The van der Waals surface area contributed by atoms with Gasteiger partial charge in [0.2, 0.25) is 5.95 Å². The highest BCUT2D eigenvalue weighted by Crippen LogP contribution is 2.13. The van der Waals surface area contributed by atoms with Crippen LogP contribution in [0.3, 0.4) is 0 Å². The Morgan fingerprint density at radius 1 is 1.29 bits per heavy atom. The number of anilines is 1. The molecule has 0 atom stereocenters. The molecule has 0 saturated carbocycles. The number of rotatable bonds is 4. The van der Waals surface area contributed by atoms with Gasteiger partial charge in [0.15, 0.2) is 0 Å². The van der Waals surface area contributed by atoms with Crippen LogP contribution in [0.15, 0.2) is 35.8 Å². The molecular formula is C12H12N4S. The van der Waals surface area contributed by atoms with E-state index in [1.165, 1.54) is 0 Å². The third-order valence-electron chi connectivity index (χ3n) is 2.50. The van der Waals surface area contributed by atoms with E-state index in [2.05, 4.69) is 20.3 Å². The maximum atomic E-state index is 4.45. The summed E-state index contributed by atoms with van der Waals surface area (Å²) in [5, 5.41) is 6.42. The van der Waals surface area contributed by atoms with E-state index in [9.17, 15) is 0 Å². The summed E-state index contributed by atoms with van der Waals surface area (Å²) >= 11 is 1.68. The number of hydrogen-bond acceptors (Lipinski definition) is 4. The maximum absolute atomic E-state index is 4.45. The van der Waals surface area contributed by atoms with Crippen molar-refractivity contribution in [3.05, 3.63) is 40.8 Å². The number of imidazole rings is 1. The van der Waals surface area contributed by atoms with Crippen molar-refractivity contribution in [2.24, 2.45) is 0 Å². The number of nitrogens with zero attached hydrogens (tertiary/aromatic N) is 2. The first-order valence-electron chi connectivity index (χ1n) is 5.49. The van der Waals surface area contributed by atoms with Gasteiger partial charge in [-0.1, -0.05) is 12.1 Å². The summed E-state index contributed by atoms with van der Waals surface area (Å²) in [6.45, 7) is 0.841. The van der Waals surface area contributed by atoms with Crippen LogP contribution in [0.4, 0.5) is 5.95 Å². The lowest BCUT2D eigenvalue weighted by Gasteiger charge is -1.99. The van der Waals surface area contributed by atoms with E-state index >= 15 is 0 Å². The average molecular weight is 244 g/mol. The third-order valence-corrected chi connectivity index (χ3v) is 3.34. The van der Waals surface area contributed by atoms with E-state index in [0.29, 0.717) is 0 Å². The molecule has 0 amide bonds. The maximum Gasteiger partial charge on any atom is 0.201 e. The molecule has 0 bridgehead atoms. The molecule has 0 saturated heterocycles. The molecule has 0 spiro atoms. The van der Waals surface area contributed by atoms with Gasteiger partial charge in [-0.25, -0.2) is 9.97 Å². The van der Waals surface area contributed by atoms with E-state index in [4.69, 9.17) is 0 Å². The molecule has 0 aliphatic carbocycles. The van der Waals surface area contributed by atoms with Crippen molar-refractivity contribution in [3.8, 4) is 0 Å². The smallest absolute Gasteiger partial charge is 0.201 e. The first-order chi connectivity index (χ1) is 8.42. The Bertz CT molecular complexity index is 567. The normalized spacial score (nSPS) is 10.8. The SMILES string of the molecule is c1ccc2[nH]c(NCCc3nccs3)nc2c1. The molecule has 2 N–H and O–H groups in total. The molecular weight excluding hydrogens is 232 g/mol. The van der Waals surface area contributed by atoms with Gasteiger partial charge in [0.25, 0.3) is 0 Å². The summed E-state index contributed by atoms with van der Waals surface area (Å²) in [5.74, 6) is 0.822. The van der Waals surface area contributed by atoms with E-state index in [-0.39, 0.29) is 0 Å². The molecule has 2 aromatic heterocycles. The largest absolute Gasteiger partial charge is 0.355 e. The quantitative estimate of drug-likeness (QED) is 0.742. The molecule has 0 aliphatic heterocycles. The van der Waals surface area contributed by atoms with Crippen LogP contribution < -0.4 is 5.32 Å². The lowest BCUT2D eigenvalue weighted by Crippen LogP contribution is -2.05. The first-order valence-corrected chi connectivity index (χ1v) is 6.37. The van der Waals surface area contributed by atoms with Crippen LogP contribution in [-0.2, 0) is 6.42 Å². The van der Waals surface area contributed by atoms with E-state index in [0.717, 1.165) is 35.0 Å². The second-order valence-electron chi connectivity index (χ2n) is 3.71. The van der Waals surface area contributed by atoms with Gasteiger partial charge in [-0.3, -0.25) is 0 Å². The molecule has 17 heavy (non-hydrogen) atoms. The van der Waals surface area contributed by atoms with Gasteiger partial charge in [0, 0.05) is 24.5 Å². The molecule has 0 unspecified atom stereocenters. The molecule has 0 aliphatic rings.